The monoisotopic (exact) mass is 440 g/mol. The number of methoxy groups -OCH3 is 3. The van der Waals surface area contributed by atoms with Gasteiger partial charge in [-0.2, -0.15) is 0 Å². The van der Waals surface area contributed by atoms with Crippen LogP contribution in [0, 0.1) is 0 Å². The van der Waals surface area contributed by atoms with Crippen LogP contribution in [0.15, 0.2) is 46.5 Å². The Bertz CT molecular complexity index is 1160. The van der Waals surface area contributed by atoms with Crippen LogP contribution < -0.4 is 30.1 Å². The van der Waals surface area contributed by atoms with Gasteiger partial charge in [-0.25, -0.2) is 5.01 Å². The summed E-state index contributed by atoms with van der Waals surface area (Å²) in [6.07, 6.45) is 0.360. The number of nitrogens with zero attached hydrogens (tertiary/aromatic N) is 3. The summed E-state index contributed by atoms with van der Waals surface area (Å²) in [6, 6.07) is 11.1. The average molecular weight is 441 g/mol. The first-order valence-corrected chi connectivity index (χ1v) is 10.9. The number of ether oxygens (including phenoxy) is 3. The molecule has 1 amide bonds. The van der Waals surface area contributed by atoms with Crippen molar-refractivity contribution in [3.63, 3.8) is 0 Å². The first kappa shape index (κ1) is 21.0. The highest BCUT2D eigenvalue weighted by molar-refractivity contribution is 8.13. The van der Waals surface area contributed by atoms with E-state index < -0.39 is 6.17 Å². The van der Waals surface area contributed by atoms with Crippen molar-refractivity contribution < 1.29 is 19.0 Å². The number of benzene rings is 2. The Morgan fingerprint density at radius 3 is 2.48 bits per heavy atom. The topological polar surface area (TPSA) is 84.8 Å². The van der Waals surface area contributed by atoms with Crippen LogP contribution in [-0.2, 0) is 4.79 Å². The number of thioether (sulfide) groups is 1. The number of para-hydroxylation sites is 1. The van der Waals surface area contributed by atoms with E-state index in [1.54, 1.807) is 32.4 Å². The molecule has 162 valence electrons. The molecule has 0 aliphatic carbocycles. The van der Waals surface area contributed by atoms with Gasteiger partial charge in [-0.05, 0) is 18.6 Å². The van der Waals surface area contributed by atoms with E-state index in [-0.39, 0.29) is 5.91 Å². The number of carbonyl (C=O) groups excluding carboxylic acids is 1. The minimum atomic E-state index is -0.608. The summed E-state index contributed by atoms with van der Waals surface area (Å²) in [5, 5.41) is 11.3. The number of nitrogens with one attached hydrogen (secondary N) is 1. The predicted octanol–water partition coefficient (Wildman–Crippen LogP) is 2.00. The molecule has 0 saturated carbocycles. The molecule has 1 atom stereocenters. The Kier molecular flexibility index (Phi) is 6.03. The fraction of sp³-hybridized carbons (Fsp3) is 0.318. The van der Waals surface area contributed by atoms with E-state index in [0.717, 1.165) is 17.4 Å². The first-order chi connectivity index (χ1) is 15.1. The SMILES string of the molecule is CCCSC1=NN2C(=c3ccccc3=N[C@H]2c2cc(OC)c(OC)cc2OC)C(=O)N1. The van der Waals surface area contributed by atoms with Gasteiger partial charge in [0.2, 0.25) is 0 Å². The number of hydrazone groups is 1. The van der Waals surface area contributed by atoms with Crippen LogP contribution in [0.25, 0.3) is 5.70 Å². The van der Waals surface area contributed by atoms with Crippen LogP contribution in [0.4, 0.5) is 0 Å². The standard InChI is InChI=1S/C22H24N4O4S/c1-5-10-31-22-24-21(27)19-13-8-6-7-9-15(13)23-20(26(19)25-22)14-11-17(29-3)18(30-4)12-16(14)28-2/h6-9,11-12,20H,5,10H2,1-4H3,(H,24,25,27)/t20-/m1/s1. The van der Waals surface area contributed by atoms with Gasteiger partial charge >= 0.3 is 0 Å². The molecule has 4 rings (SSSR count). The highest BCUT2D eigenvalue weighted by atomic mass is 32.2. The van der Waals surface area contributed by atoms with Gasteiger partial charge in [-0.15, -0.1) is 5.10 Å². The molecule has 1 N–H and O–H groups in total. The highest BCUT2D eigenvalue weighted by Gasteiger charge is 2.36. The molecular weight excluding hydrogens is 416 g/mol. The lowest BCUT2D eigenvalue weighted by Crippen LogP contribution is -2.50. The summed E-state index contributed by atoms with van der Waals surface area (Å²) >= 11 is 1.50. The Hall–Kier alpha value is -3.20. The van der Waals surface area contributed by atoms with Crippen LogP contribution in [0.3, 0.4) is 0 Å². The largest absolute Gasteiger partial charge is 0.496 e. The van der Waals surface area contributed by atoms with Crippen molar-refractivity contribution in [2.75, 3.05) is 27.1 Å². The third-order valence-corrected chi connectivity index (χ3v) is 6.04. The third-order valence-electron chi connectivity index (χ3n) is 4.97. The van der Waals surface area contributed by atoms with Crippen molar-refractivity contribution in [1.82, 2.24) is 10.3 Å². The van der Waals surface area contributed by atoms with E-state index in [4.69, 9.17) is 24.3 Å². The minimum absolute atomic E-state index is 0.208. The van der Waals surface area contributed by atoms with Gasteiger partial charge in [-0.3, -0.25) is 15.1 Å². The fourth-order valence-electron chi connectivity index (χ4n) is 3.55. The quantitative estimate of drug-likeness (QED) is 0.740. The Morgan fingerprint density at radius 2 is 1.77 bits per heavy atom. The van der Waals surface area contributed by atoms with Gasteiger partial charge in [0.05, 0.1) is 26.7 Å². The molecule has 9 heteroatoms. The summed E-state index contributed by atoms with van der Waals surface area (Å²) in [5.74, 6) is 2.29. The van der Waals surface area contributed by atoms with E-state index in [2.05, 4.69) is 12.2 Å². The summed E-state index contributed by atoms with van der Waals surface area (Å²) < 4.78 is 16.6. The molecule has 0 fully saturated rings. The van der Waals surface area contributed by atoms with Crippen LogP contribution in [-0.4, -0.2) is 43.2 Å². The van der Waals surface area contributed by atoms with Gasteiger partial charge in [0.25, 0.3) is 5.91 Å². The van der Waals surface area contributed by atoms with Crippen molar-refractivity contribution in [3.05, 3.63) is 52.5 Å². The van der Waals surface area contributed by atoms with Crippen LogP contribution >= 0.6 is 11.8 Å². The van der Waals surface area contributed by atoms with Crippen LogP contribution in [0.1, 0.15) is 25.1 Å². The maximum absolute atomic E-state index is 13.1. The van der Waals surface area contributed by atoms with E-state index in [0.29, 0.717) is 39.0 Å². The zero-order valence-corrected chi connectivity index (χ0v) is 18.7. The van der Waals surface area contributed by atoms with Crippen molar-refractivity contribution in [3.8, 4) is 17.2 Å². The molecule has 0 bridgehead atoms. The lowest BCUT2D eigenvalue weighted by molar-refractivity contribution is -0.116. The summed E-state index contributed by atoms with van der Waals surface area (Å²) in [7, 11) is 4.73. The predicted molar refractivity (Wildman–Crippen MR) is 120 cm³/mol. The maximum atomic E-state index is 13.1. The second-order valence-electron chi connectivity index (χ2n) is 6.87. The molecule has 0 saturated heterocycles. The van der Waals surface area contributed by atoms with Crippen molar-refractivity contribution in [1.29, 1.82) is 0 Å². The summed E-state index contributed by atoms with van der Waals surface area (Å²) in [6.45, 7) is 2.08. The van der Waals surface area contributed by atoms with Crippen LogP contribution in [0.5, 0.6) is 17.2 Å². The van der Waals surface area contributed by atoms with E-state index in [1.807, 2.05) is 30.3 Å². The summed E-state index contributed by atoms with van der Waals surface area (Å²) in [4.78, 5) is 18.0. The van der Waals surface area contributed by atoms with Gasteiger partial charge in [0.1, 0.15) is 11.4 Å². The van der Waals surface area contributed by atoms with E-state index in [1.165, 1.54) is 11.8 Å². The molecule has 2 aliphatic heterocycles. The zero-order chi connectivity index (χ0) is 22.0. The molecule has 2 aromatic rings. The highest BCUT2D eigenvalue weighted by Crippen LogP contribution is 2.41. The molecule has 2 aliphatic rings. The van der Waals surface area contributed by atoms with Crippen molar-refractivity contribution in [2.24, 2.45) is 10.1 Å². The number of fused-ring (bicyclic) bond motifs is 2. The molecule has 2 aromatic carbocycles. The number of hydrogen-bond acceptors (Lipinski definition) is 8. The zero-order valence-electron chi connectivity index (χ0n) is 17.8. The van der Waals surface area contributed by atoms with Crippen molar-refractivity contribution in [2.45, 2.75) is 19.5 Å². The summed E-state index contributed by atoms with van der Waals surface area (Å²) in [5.41, 5.74) is 1.17. The van der Waals surface area contributed by atoms with Crippen molar-refractivity contribution >= 4 is 28.5 Å². The van der Waals surface area contributed by atoms with Gasteiger partial charge < -0.3 is 14.2 Å². The average Bonchev–Trinajstić information content (AvgIpc) is 2.81. The Balaban J connectivity index is 1.94. The number of carbonyl (C=O) groups is 1. The molecule has 0 unspecified atom stereocenters. The lowest BCUT2D eigenvalue weighted by atomic mass is 10.1. The molecule has 0 aromatic heterocycles. The van der Waals surface area contributed by atoms with Gasteiger partial charge in [-0.1, -0.05) is 36.9 Å². The molecule has 31 heavy (non-hydrogen) atoms. The maximum Gasteiger partial charge on any atom is 0.276 e. The molecule has 0 spiro atoms. The number of rotatable bonds is 6. The first-order valence-electron chi connectivity index (χ1n) is 9.90. The Morgan fingerprint density at radius 1 is 1.06 bits per heavy atom. The molecule has 2 heterocycles. The Labute approximate surface area is 184 Å². The second-order valence-corrected chi connectivity index (χ2v) is 7.95. The minimum Gasteiger partial charge on any atom is -0.496 e. The molecule has 0 radical (unpaired) electrons. The van der Waals surface area contributed by atoms with Gasteiger partial charge in [0, 0.05) is 22.6 Å². The van der Waals surface area contributed by atoms with Gasteiger partial charge in [0.15, 0.2) is 22.8 Å². The molecular formula is C22H24N4O4S. The molecule has 8 nitrogen and oxygen atoms in total. The van der Waals surface area contributed by atoms with Crippen LogP contribution in [0.2, 0.25) is 0 Å². The number of amidine groups is 1. The lowest BCUT2D eigenvalue weighted by Gasteiger charge is -2.34. The normalized spacial score (nSPS) is 17.1. The fourth-order valence-corrected chi connectivity index (χ4v) is 4.26. The third kappa shape index (κ3) is 3.81. The second kappa shape index (κ2) is 8.89. The number of hydrogen-bond donors (Lipinski definition) is 1. The van der Waals surface area contributed by atoms with E-state index >= 15 is 0 Å². The number of amides is 1. The van der Waals surface area contributed by atoms with E-state index in [9.17, 15) is 4.79 Å². The smallest absolute Gasteiger partial charge is 0.276 e.